The van der Waals surface area contributed by atoms with E-state index < -0.39 is 11.0 Å². The zero-order valence-electron chi connectivity index (χ0n) is 19.3. The lowest BCUT2D eigenvalue weighted by Gasteiger charge is -2.41. The van der Waals surface area contributed by atoms with E-state index in [1.807, 2.05) is 62.4 Å². The second kappa shape index (κ2) is 7.90. The van der Waals surface area contributed by atoms with Gasteiger partial charge in [0.25, 0.3) is 0 Å². The number of fused-ring (bicyclic) bond motifs is 1. The molecule has 2 aromatic carbocycles. The average molecular weight is 449 g/mol. The number of oxime groups is 2. The smallest absolute Gasteiger partial charge is 0.149 e. The number of ketones is 1. The molecule has 7 heteroatoms. The molecule has 0 saturated heterocycles. The third-order valence-electron chi connectivity index (χ3n) is 7.45. The molecule has 2 heterocycles. The lowest BCUT2D eigenvalue weighted by molar-refractivity contribution is -0.145. The Morgan fingerprint density at radius 3 is 2.12 bits per heavy atom. The molecule has 0 bridgehead atoms. The number of hydrogen-bond acceptors (Lipinski definition) is 7. The minimum atomic E-state index is -0.778. The molecule has 7 nitrogen and oxygen atoms in total. The number of methoxy groups -OCH3 is 2. The lowest BCUT2D eigenvalue weighted by atomic mass is 9.62. The zero-order chi connectivity index (χ0) is 23.2. The Kier molecular flexibility index (Phi) is 5.15. The highest BCUT2D eigenvalue weighted by Gasteiger charge is 2.59. The molecule has 4 atom stereocenters. The summed E-state index contributed by atoms with van der Waals surface area (Å²) < 4.78 is 10.5. The van der Waals surface area contributed by atoms with Crippen LogP contribution in [0.1, 0.15) is 44.2 Å². The molecular weight excluding hydrogens is 420 g/mol. The van der Waals surface area contributed by atoms with Crippen molar-refractivity contribution in [3.63, 3.8) is 0 Å². The molecule has 0 amide bonds. The van der Waals surface area contributed by atoms with Crippen molar-refractivity contribution in [1.29, 1.82) is 0 Å². The molecule has 2 aromatic rings. The summed E-state index contributed by atoms with van der Waals surface area (Å²) in [6.45, 7) is 3.98. The van der Waals surface area contributed by atoms with E-state index in [9.17, 15) is 4.79 Å². The Balaban J connectivity index is 1.32. The fraction of sp³-hybridized carbons (Fsp3) is 0.423. The van der Waals surface area contributed by atoms with Gasteiger partial charge in [0.2, 0.25) is 0 Å². The van der Waals surface area contributed by atoms with Gasteiger partial charge in [0.05, 0.1) is 19.9 Å². The van der Waals surface area contributed by atoms with Crippen LogP contribution in [0.2, 0.25) is 0 Å². The fourth-order valence-electron chi connectivity index (χ4n) is 5.12. The standard InChI is InChI=1S/C26H28N2O5/c1-25(15-21(27-33-25)16-5-9-19(30-3)10-6-16)18-13-22(29)26(2)23(14-18)32-28-24(26)17-7-11-20(31-4)12-8-17/h5-12,18,23H,13-15H2,1-4H3/t18-,23-,25+,26-/m1/s1. The van der Waals surface area contributed by atoms with Crippen LogP contribution >= 0.6 is 0 Å². The van der Waals surface area contributed by atoms with Crippen molar-refractivity contribution >= 4 is 17.2 Å². The highest BCUT2D eigenvalue weighted by atomic mass is 16.7. The van der Waals surface area contributed by atoms with Crippen molar-refractivity contribution in [3.05, 3.63) is 59.7 Å². The van der Waals surface area contributed by atoms with Crippen molar-refractivity contribution in [2.24, 2.45) is 21.6 Å². The number of ether oxygens (including phenoxy) is 2. The molecule has 0 aromatic heterocycles. The van der Waals surface area contributed by atoms with E-state index in [0.717, 1.165) is 28.3 Å². The Hall–Kier alpha value is -3.35. The Morgan fingerprint density at radius 1 is 0.909 bits per heavy atom. The highest BCUT2D eigenvalue weighted by molar-refractivity contribution is 6.18. The second-order valence-electron chi connectivity index (χ2n) is 9.37. The molecular formula is C26H28N2O5. The number of Topliss-reactive ketones (excluding diaryl/α,β-unsaturated/α-hetero) is 1. The van der Waals surface area contributed by atoms with Crippen LogP contribution in [0, 0.1) is 11.3 Å². The van der Waals surface area contributed by atoms with Crippen LogP contribution in [0.3, 0.4) is 0 Å². The van der Waals surface area contributed by atoms with Gasteiger partial charge in [-0.3, -0.25) is 4.79 Å². The second-order valence-corrected chi connectivity index (χ2v) is 9.37. The zero-order valence-corrected chi connectivity index (χ0v) is 19.3. The minimum Gasteiger partial charge on any atom is -0.497 e. The summed E-state index contributed by atoms with van der Waals surface area (Å²) in [4.78, 5) is 25.4. The molecule has 0 spiro atoms. The molecule has 0 unspecified atom stereocenters. The first-order chi connectivity index (χ1) is 15.9. The van der Waals surface area contributed by atoms with Gasteiger partial charge in [0.15, 0.2) is 0 Å². The molecule has 2 aliphatic heterocycles. The number of carbonyl (C=O) groups is 1. The molecule has 0 N–H and O–H groups in total. The predicted molar refractivity (Wildman–Crippen MR) is 124 cm³/mol. The topological polar surface area (TPSA) is 78.7 Å². The largest absolute Gasteiger partial charge is 0.497 e. The van der Waals surface area contributed by atoms with Crippen molar-refractivity contribution in [1.82, 2.24) is 0 Å². The maximum absolute atomic E-state index is 13.5. The van der Waals surface area contributed by atoms with Crippen LogP contribution < -0.4 is 9.47 Å². The van der Waals surface area contributed by atoms with Crippen LogP contribution in [-0.2, 0) is 14.5 Å². The summed E-state index contributed by atoms with van der Waals surface area (Å²) in [6.07, 6.45) is 1.37. The summed E-state index contributed by atoms with van der Waals surface area (Å²) >= 11 is 0. The van der Waals surface area contributed by atoms with Crippen LogP contribution in [0.4, 0.5) is 0 Å². The lowest BCUT2D eigenvalue weighted by Crippen LogP contribution is -2.53. The van der Waals surface area contributed by atoms with E-state index >= 15 is 0 Å². The van der Waals surface area contributed by atoms with Gasteiger partial charge < -0.3 is 19.1 Å². The van der Waals surface area contributed by atoms with Gasteiger partial charge in [0.1, 0.15) is 40.1 Å². The highest BCUT2D eigenvalue weighted by Crippen LogP contribution is 2.49. The first-order valence-electron chi connectivity index (χ1n) is 11.2. The Morgan fingerprint density at radius 2 is 1.52 bits per heavy atom. The molecule has 33 heavy (non-hydrogen) atoms. The number of benzene rings is 2. The SMILES string of the molecule is COc1ccc(C2=NO[C@](C)([C@@H]3CC(=O)[C@@]4(C)C(c5ccc(OC)cc5)=NO[C@@H]4C3)C2)cc1. The normalized spacial score (nSPS) is 30.6. The van der Waals surface area contributed by atoms with Crippen molar-refractivity contribution in [2.75, 3.05) is 14.2 Å². The monoisotopic (exact) mass is 448 g/mol. The fourth-order valence-corrected chi connectivity index (χ4v) is 5.12. The van der Waals surface area contributed by atoms with Gasteiger partial charge in [-0.05, 0) is 74.4 Å². The molecule has 1 fully saturated rings. The molecule has 172 valence electrons. The van der Waals surface area contributed by atoms with Crippen molar-refractivity contribution < 1.29 is 23.9 Å². The molecule has 1 aliphatic carbocycles. The Labute approximate surface area is 193 Å². The van der Waals surface area contributed by atoms with E-state index in [0.29, 0.717) is 25.0 Å². The minimum absolute atomic E-state index is 0.0204. The van der Waals surface area contributed by atoms with Crippen LogP contribution in [0.15, 0.2) is 58.8 Å². The van der Waals surface area contributed by atoms with E-state index in [2.05, 4.69) is 10.3 Å². The Bertz CT molecular complexity index is 1120. The first kappa shape index (κ1) is 21.5. The molecule has 0 radical (unpaired) electrons. The third-order valence-corrected chi connectivity index (χ3v) is 7.45. The number of carbonyl (C=O) groups excluding carboxylic acids is 1. The van der Waals surface area contributed by atoms with E-state index in [-0.39, 0.29) is 17.8 Å². The summed E-state index contributed by atoms with van der Waals surface area (Å²) in [5.74, 6) is 1.66. The number of rotatable bonds is 5. The maximum atomic E-state index is 13.5. The van der Waals surface area contributed by atoms with Crippen LogP contribution in [0.5, 0.6) is 11.5 Å². The van der Waals surface area contributed by atoms with Crippen LogP contribution in [-0.4, -0.2) is 43.1 Å². The van der Waals surface area contributed by atoms with E-state index in [1.165, 1.54) is 0 Å². The number of nitrogens with zero attached hydrogens (tertiary/aromatic N) is 2. The quantitative estimate of drug-likeness (QED) is 0.679. The van der Waals surface area contributed by atoms with Crippen LogP contribution in [0.25, 0.3) is 0 Å². The summed E-state index contributed by atoms with van der Waals surface area (Å²) in [5, 5.41) is 8.74. The van der Waals surface area contributed by atoms with E-state index in [1.54, 1.807) is 14.2 Å². The predicted octanol–water partition coefficient (Wildman–Crippen LogP) is 4.38. The van der Waals surface area contributed by atoms with Gasteiger partial charge in [0, 0.05) is 24.3 Å². The molecule has 3 aliphatic rings. The summed E-state index contributed by atoms with van der Waals surface area (Å²) in [5.41, 5.74) is 2.09. The van der Waals surface area contributed by atoms with Crippen molar-refractivity contribution in [3.8, 4) is 11.5 Å². The van der Waals surface area contributed by atoms with E-state index in [4.69, 9.17) is 19.1 Å². The van der Waals surface area contributed by atoms with Gasteiger partial charge in [-0.2, -0.15) is 0 Å². The first-order valence-corrected chi connectivity index (χ1v) is 11.2. The van der Waals surface area contributed by atoms with Gasteiger partial charge in [-0.15, -0.1) is 0 Å². The molecule has 5 rings (SSSR count). The summed E-state index contributed by atoms with van der Waals surface area (Å²) in [7, 11) is 3.27. The molecule has 1 saturated carbocycles. The van der Waals surface area contributed by atoms with Gasteiger partial charge in [-0.1, -0.05) is 10.3 Å². The maximum Gasteiger partial charge on any atom is 0.149 e. The number of hydrogen-bond donors (Lipinski definition) is 0. The average Bonchev–Trinajstić information content (AvgIpc) is 3.41. The van der Waals surface area contributed by atoms with Gasteiger partial charge in [-0.25, -0.2) is 0 Å². The summed E-state index contributed by atoms with van der Waals surface area (Å²) in [6, 6.07) is 15.4. The van der Waals surface area contributed by atoms with Crippen molar-refractivity contribution in [2.45, 2.75) is 44.8 Å². The van der Waals surface area contributed by atoms with Gasteiger partial charge >= 0.3 is 0 Å². The third kappa shape index (κ3) is 3.46.